The number of fused-ring (bicyclic) bond motifs is 1. The van der Waals surface area contributed by atoms with Crippen LogP contribution in [0.1, 0.15) is 48.9 Å². The van der Waals surface area contributed by atoms with E-state index < -0.39 is 29.5 Å². The molecule has 8 nitrogen and oxygen atoms in total. The van der Waals surface area contributed by atoms with Gasteiger partial charge in [0, 0.05) is 13.8 Å². The molecule has 0 saturated carbocycles. The lowest BCUT2D eigenvalue weighted by molar-refractivity contribution is -0.148. The number of allylic oxidation sites excluding steroid dienone is 1. The summed E-state index contributed by atoms with van der Waals surface area (Å²) in [5.74, 6) is -2.71. The van der Waals surface area contributed by atoms with E-state index in [-0.39, 0.29) is 22.8 Å². The summed E-state index contributed by atoms with van der Waals surface area (Å²) in [5, 5.41) is 2.30. The Bertz CT molecular complexity index is 744. The number of hydrogen-bond acceptors (Lipinski definition) is 7. The van der Waals surface area contributed by atoms with Crippen LogP contribution in [0.3, 0.4) is 0 Å². The molecule has 0 aliphatic carbocycles. The summed E-state index contributed by atoms with van der Waals surface area (Å²) in [6, 6.07) is 0. The first kappa shape index (κ1) is 15.5. The molecule has 2 heterocycles. The zero-order valence-electron chi connectivity index (χ0n) is 12.1. The molecule has 0 spiro atoms. The van der Waals surface area contributed by atoms with Gasteiger partial charge in [-0.15, -0.1) is 0 Å². The maximum Gasteiger partial charge on any atom is 0.308 e. The molecule has 0 radical (unpaired) electrons. The summed E-state index contributed by atoms with van der Waals surface area (Å²) in [4.78, 5) is 46.4. The molecule has 0 aromatic carbocycles. The molecule has 0 bridgehead atoms. The van der Waals surface area contributed by atoms with Crippen molar-refractivity contribution in [2.24, 2.45) is 0 Å². The molecule has 1 aliphatic rings. The molecule has 1 atom stereocenters. The van der Waals surface area contributed by atoms with Gasteiger partial charge < -0.3 is 19.2 Å². The molecular weight excluding hydrogens is 294 g/mol. The Kier molecular flexibility index (Phi) is 4.11. The Morgan fingerprint density at radius 2 is 1.91 bits per heavy atom. The number of hydrogen-bond donors (Lipinski definition) is 1. The van der Waals surface area contributed by atoms with Crippen LogP contribution < -0.4 is 15.5 Å². The van der Waals surface area contributed by atoms with Crippen molar-refractivity contribution < 1.29 is 28.3 Å². The second-order valence-corrected chi connectivity index (χ2v) is 4.42. The fraction of sp³-hybridized carbons (Fsp3) is 0.286. The van der Waals surface area contributed by atoms with E-state index in [1.54, 1.807) is 13.0 Å². The summed E-state index contributed by atoms with van der Waals surface area (Å²) in [5.41, 5.74) is -1.16. The summed E-state index contributed by atoms with van der Waals surface area (Å²) in [6.07, 6.45) is 1.76. The van der Waals surface area contributed by atoms with Gasteiger partial charge >= 0.3 is 11.9 Å². The fourth-order valence-electron chi connectivity index (χ4n) is 1.96. The van der Waals surface area contributed by atoms with E-state index in [2.05, 4.69) is 5.32 Å². The molecule has 0 fully saturated rings. The number of esters is 2. The first-order valence-corrected chi connectivity index (χ1v) is 6.35. The van der Waals surface area contributed by atoms with Crippen molar-refractivity contribution in [3.63, 3.8) is 0 Å². The molecule has 1 aromatic rings. The third kappa shape index (κ3) is 2.76. The van der Waals surface area contributed by atoms with Crippen LogP contribution in [0.4, 0.5) is 0 Å². The Hall–Kier alpha value is -2.90. The lowest BCUT2D eigenvalue weighted by atomic mass is 10.2. The van der Waals surface area contributed by atoms with Gasteiger partial charge in [-0.2, -0.15) is 0 Å². The number of ether oxygens (including phenoxy) is 2. The molecule has 116 valence electrons. The molecule has 1 aliphatic heterocycles. The first-order valence-electron chi connectivity index (χ1n) is 6.35. The molecule has 1 N–H and O–H groups in total. The summed E-state index contributed by atoms with van der Waals surface area (Å²) < 4.78 is 15.1. The lowest BCUT2D eigenvalue weighted by Crippen LogP contribution is -2.24. The number of amides is 1. The number of rotatable bonds is 3. The normalized spacial score (nSPS) is 16.3. The van der Waals surface area contributed by atoms with Crippen molar-refractivity contribution in [1.82, 2.24) is 5.32 Å². The third-order valence-corrected chi connectivity index (χ3v) is 2.70. The highest BCUT2D eigenvalue weighted by Crippen LogP contribution is 2.29. The van der Waals surface area contributed by atoms with E-state index in [0.717, 1.165) is 13.8 Å². The van der Waals surface area contributed by atoms with Gasteiger partial charge in [0.15, 0.2) is 11.5 Å². The zero-order valence-corrected chi connectivity index (χ0v) is 12.1. The lowest BCUT2D eigenvalue weighted by Gasteiger charge is -2.11. The second kappa shape index (κ2) is 5.84. The number of carbonyl (C=O) groups is 3. The average Bonchev–Trinajstić information content (AvgIpc) is 2.69. The predicted octanol–water partition coefficient (Wildman–Crippen LogP) is 0.903. The van der Waals surface area contributed by atoms with Crippen molar-refractivity contribution in [2.45, 2.75) is 27.0 Å². The maximum absolute atomic E-state index is 12.4. The van der Waals surface area contributed by atoms with E-state index in [9.17, 15) is 19.2 Å². The molecule has 0 unspecified atom stereocenters. The topological polar surface area (TPSA) is 112 Å². The quantitative estimate of drug-likeness (QED) is 0.826. The maximum atomic E-state index is 12.4. The second-order valence-electron chi connectivity index (χ2n) is 4.42. The standard InChI is InChI=1S/C14H13NO7/c1-4-5-8-11(20-6(2)16)10(18)9-12(22-8)14(15-13(9)19)21-7(3)17/h4-5,14H,1-3H3,(H,15,19)/b5-4+/t14-/m1/s1. The van der Waals surface area contributed by atoms with Crippen LogP contribution in [0.15, 0.2) is 15.3 Å². The van der Waals surface area contributed by atoms with Crippen molar-refractivity contribution in [3.8, 4) is 5.75 Å². The molecule has 1 amide bonds. The van der Waals surface area contributed by atoms with Crippen LogP contribution in [0, 0.1) is 0 Å². The van der Waals surface area contributed by atoms with Gasteiger partial charge in [-0.3, -0.25) is 19.2 Å². The largest absolute Gasteiger partial charge is 0.451 e. The minimum Gasteiger partial charge on any atom is -0.451 e. The smallest absolute Gasteiger partial charge is 0.308 e. The van der Waals surface area contributed by atoms with E-state index in [1.165, 1.54) is 6.08 Å². The average molecular weight is 307 g/mol. The van der Waals surface area contributed by atoms with Crippen LogP contribution in [-0.2, 0) is 14.3 Å². The van der Waals surface area contributed by atoms with Gasteiger partial charge in [-0.1, -0.05) is 6.08 Å². The first-order chi connectivity index (χ1) is 10.3. The Labute approximate surface area is 124 Å². The van der Waals surface area contributed by atoms with Crippen LogP contribution in [-0.4, -0.2) is 17.8 Å². The molecular formula is C14H13NO7. The Balaban J connectivity index is 2.66. The molecule has 0 saturated heterocycles. The van der Waals surface area contributed by atoms with Gasteiger partial charge in [0.25, 0.3) is 5.91 Å². The minimum absolute atomic E-state index is 0.0462. The highest BCUT2D eigenvalue weighted by Gasteiger charge is 2.38. The number of nitrogens with one attached hydrogen (secondary N) is 1. The summed E-state index contributed by atoms with van der Waals surface area (Å²) in [7, 11) is 0. The minimum atomic E-state index is -1.19. The monoisotopic (exact) mass is 307 g/mol. The molecule has 1 aromatic heterocycles. The highest BCUT2D eigenvalue weighted by atomic mass is 16.6. The van der Waals surface area contributed by atoms with Crippen LogP contribution in [0.5, 0.6) is 5.75 Å². The molecule has 8 heteroatoms. The molecule has 2 rings (SSSR count). The van der Waals surface area contributed by atoms with Crippen molar-refractivity contribution >= 4 is 23.9 Å². The zero-order chi connectivity index (χ0) is 16.4. The predicted molar refractivity (Wildman–Crippen MR) is 73.0 cm³/mol. The van der Waals surface area contributed by atoms with Crippen LogP contribution in [0.2, 0.25) is 0 Å². The SMILES string of the molecule is C/C=C/c1oc2c(c(=O)c1OC(C)=O)C(=O)N[C@@H]2OC(C)=O. The van der Waals surface area contributed by atoms with Gasteiger partial charge in [-0.05, 0) is 13.0 Å². The third-order valence-electron chi connectivity index (χ3n) is 2.70. The fourth-order valence-corrected chi connectivity index (χ4v) is 1.96. The molecule has 22 heavy (non-hydrogen) atoms. The van der Waals surface area contributed by atoms with Gasteiger partial charge in [0.1, 0.15) is 5.56 Å². The summed E-state index contributed by atoms with van der Waals surface area (Å²) in [6.45, 7) is 3.94. The summed E-state index contributed by atoms with van der Waals surface area (Å²) >= 11 is 0. The van der Waals surface area contributed by atoms with Gasteiger partial charge in [-0.25, -0.2) is 0 Å². The van der Waals surface area contributed by atoms with Crippen molar-refractivity contribution in [2.75, 3.05) is 0 Å². The van der Waals surface area contributed by atoms with E-state index in [0.29, 0.717) is 0 Å². The van der Waals surface area contributed by atoms with Gasteiger partial charge in [0.2, 0.25) is 17.4 Å². The van der Waals surface area contributed by atoms with Crippen molar-refractivity contribution in [3.05, 3.63) is 33.4 Å². The number of carbonyl (C=O) groups excluding carboxylic acids is 3. The van der Waals surface area contributed by atoms with Crippen molar-refractivity contribution in [1.29, 1.82) is 0 Å². The Morgan fingerprint density at radius 1 is 1.23 bits per heavy atom. The highest BCUT2D eigenvalue weighted by molar-refractivity contribution is 5.98. The van der Waals surface area contributed by atoms with Crippen LogP contribution in [0.25, 0.3) is 6.08 Å². The van der Waals surface area contributed by atoms with Gasteiger partial charge in [0.05, 0.1) is 0 Å². The van der Waals surface area contributed by atoms with E-state index in [1.807, 2.05) is 0 Å². The van der Waals surface area contributed by atoms with E-state index >= 15 is 0 Å². The Morgan fingerprint density at radius 3 is 2.45 bits per heavy atom. The van der Waals surface area contributed by atoms with Crippen LogP contribution >= 0.6 is 0 Å². The van der Waals surface area contributed by atoms with E-state index in [4.69, 9.17) is 13.9 Å².